The molecule has 0 aromatic carbocycles. The van der Waals surface area contributed by atoms with E-state index in [1.807, 2.05) is 13.0 Å². The zero-order valence-corrected chi connectivity index (χ0v) is 7.26. The van der Waals surface area contributed by atoms with Gasteiger partial charge in [-0.3, -0.25) is 4.79 Å². The van der Waals surface area contributed by atoms with E-state index < -0.39 is 0 Å². The van der Waals surface area contributed by atoms with Gasteiger partial charge in [-0.2, -0.15) is 5.26 Å². The molecule has 2 nitrogen and oxygen atoms in total. The van der Waals surface area contributed by atoms with Crippen LogP contribution in [0.1, 0.15) is 39.5 Å². The molecular formula is C9H15NO. The van der Waals surface area contributed by atoms with Crippen molar-refractivity contribution in [3.05, 3.63) is 0 Å². The second-order valence-corrected chi connectivity index (χ2v) is 2.70. The van der Waals surface area contributed by atoms with Gasteiger partial charge in [0.25, 0.3) is 0 Å². The Balaban J connectivity index is 3.83. The van der Waals surface area contributed by atoms with Crippen LogP contribution in [0.5, 0.6) is 0 Å². The zero-order valence-electron chi connectivity index (χ0n) is 7.26. The third-order valence-electron chi connectivity index (χ3n) is 1.84. The molecule has 0 saturated heterocycles. The van der Waals surface area contributed by atoms with E-state index in [1.54, 1.807) is 0 Å². The van der Waals surface area contributed by atoms with Crippen LogP contribution >= 0.6 is 0 Å². The van der Waals surface area contributed by atoms with E-state index in [1.165, 1.54) is 0 Å². The Bertz CT molecular complexity index is 157. The fourth-order valence-corrected chi connectivity index (χ4v) is 1.16. The number of ketones is 1. The zero-order chi connectivity index (χ0) is 8.69. The van der Waals surface area contributed by atoms with Crippen molar-refractivity contribution in [2.45, 2.75) is 39.5 Å². The average molecular weight is 153 g/mol. The molecule has 0 N–H and O–H groups in total. The maximum Gasteiger partial charge on any atom is 0.149 e. The molecule has 0 spiro atoms. The fraction of sp³-hybridized carbons (Fsp3) is 0.778. The highest BCUT2D eigenvalue weighted by molar-refractivity contribution is 5.82. The summed E-state index contributed by atoms with van der Waals surface area (Å²) >= 11 is 0. The topological polar surface area (TPSA) is 40.9 Å². The minimum Gasteiger partial charge on any atom is -0.298 e. The Kier molecular flexibility index (Phi) is 5.46. The van der Waals surface area contributed by atoms with E-state index in [-0.39, 0.29) is 18.1 Å². The Morgan fingerprint density at radius 3 is 2.55 bits per heavy atom. The first-order valence-electron chi connectivity index (χ1n) is 4.15. The second-order valence-electron chi connectivity index (χ2n) is 2.70. The third-order valence-corrected chi connectivity index (χ3v) is 1.84. The van der Waals surface area contributed by atoms with Crippen molar-refractivity contribution in [2.75, 3.05) is 0 Å². The van der Waals surface area contributed by atoms with Crippen LogP contribution in [-0.2, 0) is 4.79 Å². The Morgan fingerprint density at radius 2 is 2.18 bits per heavy atom. The average Bonchev–Trinajstić information content (AvgIpc) is 2.00. The lowest BCUT2D eigenvalue weighted by Gasteiger charge is -2.08. The molecule has 0 aromatic rings. The summed E-state index contributed by atoms with van der Waals surface area (Å²) in [5.41, 5.74) is 0. The molecule has 0 aromatic heterocycles. The van der Waals surface area contributed by atoms with Gasteiger partial charge in [-0.1, -0.05) is 20.3 Å². The summed E-state index contributed by atoms with van der Waals surface area (Å²) in [6.45, 7) is 4.05. The Hall–Kier alpha value is -0.840. The van der Waals surface area contributed by atoms with Crippen LogP contribution in [-0.4, -0.2) is 5.78 Å². The first kappa shape index (κ1) is 10.2. The molecule has 62 valence electrons. The number of carbonyl (C=O) groups excluding carboxylic acids is 1. The van der Waals surface area contributed by atoms with Crippen molar-refractivity contribution in [3.63, 3.8) is 0 Å². The molecule has 1 unspecified atom stereocenters. The second kappa shape index (κ2) is 5.91. The lowest BCUT2D eigenvalue weighted by atomic mass is 9.94. The van der Waals surface area contributed by atoms with Crippen molar-refractivity contribution >= 4 is 5.78 Å². The van der Waals surface area contributed by atoms with Crippen LogP contribution in [0.4, 0.5) is 0 Å². The van der Waals surface area contributed by atoms with Crippen molar-refractivity contribution < 1.29 is 4.79 Å². The summed E-state index contributed by atoms with van der Waals surface area (Å²) < 4.78 is 0. The lowest BCUT2D eigenvalue weighted by Crippen LogP contribution is -2.12. The van der Waals surface area contributed by atoms with Gasteiger partial charge in [0.15, 0.2) is 0 Å². The van der Waals surface area contributed by atoms with Crippen molar-refractivity contribution in [3.8, 4) is 6.07 Å². The molecule has 0 bridgehead atoms. The molecule has 0 fully saturated rings. The van der Waals surface area contributed by atoms with Gasteiger partial charge in [-0.25, -0.2) is 0 Å². The monoisotopic (exact) mass is 153 g/mol. The van der Waals surface area contributed by atoms with Gasteiger partial charge in [-0.05, 0) is 12.8 Å². The fourth-order valence-electron chi connectivity index (χ4n) is 1.16. The Labute approximate surface area is 68.2 Å². The number of Topliss-reactive ketones (excluding diaryl/α,β-unsaturated/α-hetero) is 1. The molecule has 2 heteroatoms. The van der Waals surface area contributed by atoms with Gasteiger partial charge in [0.05, 0.1) is 12.5 Å². The summed E-state index contributed by atoms with van der Waals surface area (Å²) in [5, 5.41) is 8.28. The van der Waals surface area contributed by atoms with E-state index in [9.17, 15) is 4.79 Å². The standard InChI is InChI=1S/C9H15NO/c1-3-5-8(4-2)9(11)6-7-10/h8H,3-6H2,1-2H3. The molecule has 0 heterocycles. The van der Waals surface area contributed by atoms with E-state index >= 15 is 0 Å². The molecule has 0 radical (unpaired) electrons. The van der Waals surface area contributed by atoms with Gasteiger partial charge in [0, 0.05) is 5.92 Å². The summed E-state index contributed by atoms with van der Waals surface area (Å²) in [5.74, 6) is 0.233. The van der Waals surface area contributed by atoms with E-state index in [2.05, 4.69) is 6.92 Å². The SMILES string of the molecule is CCCC(CC)C(=O)CC#N. The van der Waals surface area contributed by atoms with Crippen molar-refractivity contribution in [2.24, 2.45) is 5.92 Å². The predicted molar refractivity (Wildman–Crippen MR) is 43.9 cm³/mol. The number of hydrogen-bond donors (Lipinski definition) is 0. The number of nitrogens with zero attached hydrogens (tertiary/aromatic N) is 1. The first-order chi connectivity index (χ1) is 5.26. The van der Waals surface area contributed by atoms with Crippen LogP contribution in [0.2, 0.25) is 0 Å². The van der Waals surface area contributed by atoms with Crippen LogP contribution in [0.15, 0.2) is 0 Å². The predicted octanol–water partition coefficient (Wildman–Crippen LogP) is 2.30. The van der Waals surface area contributed by atoms with Crippen LogP contribution < -0.4 is 0 Å². The summed E-state index contributed by atoms with van der Waals surface area (Å²) in [7, 11) is 0. The smallest absolute Gasteiger partial charge is 0.149 e. The number of carbonyl (C=O) groups is 1. The minimum atomic E-state index is 0.0819. The molecule has 1 atom stereocenters. The highest BCUT2D eigenvalue weighted by Crippen LogP contribution is 2.13. The van der Waals surface area contributed by atoms with E-state index in [4.69, 9.17) is 5.26 Å². The maximum atomic E-state index is 11.1. The number of nitriles is 1. The van der Waals surface area contributed by atoms with Gasteiger partial charge in [-0.15, -0.1) is 0 Å². The molecule has 11 heavy (non-hydrogen) atoms. The van der Waals surface area contributed by atoms with E-state index in [0.717, 1.165) is 19.3 Å². The molecule has 0 rings (SSSR count). The summed E-state index contributed by atoms with van der Waals surface area (Å²) in [6, 6.07) is 1.89. The Morgan fingerprint density at radius 1 is 1.55 bits per heavy atom. The molecule has 0 saturated carbocycles. The van der Waals surface area contributed by atoms with Gasteiger partial charge in [0.2, 0.25) is 0 Å². The van der Waals surface area contributed by atoms with Crippen molar-refractivity contribution in [1.82, 2.24) is 0 Å². The maximum absolute atomic E-state index is 11.1. The quantitative estimate of drug-likeness (QED) is 0.608. The molecule has 0 aliphatic carbocycles. The van der Waals surface area contributed by atoms with Gasteiger partial charge >= 0.3 is 0 Å². The largest absolute Gasteiger partial charge is 0.298 e. The van der Waals surface area contributed by atoms with Crippen LogP contribution in [0.3, 0.4) is 0 Å². The van der Waals surface area contributed by atoms with Crippen LogP contribution in [0.25, 0.3) is 0 Å². The molecule has 0 aliphatic heterocycles. The lowest BCUT2D eigenvalue weighted by molar-refractivity contribution is -0.122. The van der Waals surface area contributed by atoms with Crippen molar-refractivity contribution in [1.29, 1.82) is 5.26 Å². The first-order valence-corrected chi connectivity index (χ1v) is 4.15. The van der Waals surface area contributed by atoms with E-state index in [0.29, 0.717) is 0 Å². The number of rotatable bonds is 5. The normalized spacial score (nSPS) is 12.1. The molecule has 0 amide bonds. The van der Waals surface area contributed by atoms with Gasteiger partial charge < -0.3 is 0 Å². The highest BCUT2D eigenvalue weighted by atomic mass is 16.1. The number of hydrogen-bond acceptors (Lipinski definition) is 2. The van der Waals surface area contributed by atoms with Gasteiger partial charge in [0.1, 0.15) is 5.78 Å². The highest BCUT2D eigenvalue weighted by Gasteiger charge is 2.13. The molecule has 0 aliphatic rings. The summed E-state index contributed by atoms with van der Waals surface area (Å²) in [6.07, 6.45) is 2.90. The molecular weight excluding hydrogens is 138 g/mol. The summed E-state index contributed by atoms with van der Waals surface area (Å²) in [4.78, 5) is 11.1. The van der Waals surface area contributed by atoms with Crippen LogP contribution in [0, 0.1) is 17.2 Å². The minimum absolute atomic E-state index is 0.0819. The third kappa shape index (κ3) is 3.77.